The lowest BCUT2D eigenvalue weighted by molar-refractivity contribution is 1.17. The minimum Gasteiger partial charge on any atom is -0.264 e. The molecule has 5 heteroatoms. The van der Waals surface area contributed by atoms with E-state index in [4.69, 9.17) is 9.97 Å². The average molecular weight is 608 g/mol. The molecule has 1 aliphatic rings. The first-order chi connectivity index (χ1) is 23.0. The number of rotatable bonds is 4. The minimum absolute atomic E-state index is 0.873. The van der Waals surface area contributed by atoms with Gasteiger partial charge in [0, 0.05) is 63.3 Å². The Morgan fingerprint density at radius 3 is 1.70 bits per heavy atom. The molecule has 0 bridgehead atoms. The standard InChI is InChI=1S/C42H33N5/c1-25-27(3)46-41-35-15-17-38-40(32-13-8-11-30(20-32)34-22-44-24-45-23-34)26(2)28(4)47-42(38)36(35)14-16-37(41)39(25)31-12-7-10-29(19-31)33-9-5-6-18-43-21-33/h6-24H,5H2,1-4H3. The van der Waals surface area contributed by atoms with E-state index < -0.39 is 0 Å². The molecule has 0 N–H and O–H groups in total. The summed E-state index contributed by atoms with van der Waals surface area (Å²) in [6, 6.07) is 26.4. The Hall–Kier alpha value is -5.81. The van der Waals surface area contributed by atoms with Crippen molar-refractivity contribution < 1.29 is 0 Å². The van der Waals surface area contributed by atoms with Gasteiger partial charge >= 0.3 is 0 Å². The van der Waals surface area contributed by atoms with Crippen LogP contribution in [0.1, 0.15) is 34.5 Å². The summed E-state index contributed by atoms with van der Waals surface area (Å²) in [5, 5.41) is 4.49. The number of aromatic nitrogens is 4. The molecule has 4 heterocycles. The molecule has 0 radical (unpaired) electrons. The highest BCUT2D eigenvalue weighted by Gasteiger charge is 2.19. The smallest absolute Gasteiger partial charge is 0.115 e. The Kier molecular flexibility index (Phi) is 7.02. The molecule has 0 saturated carbocycles. The highest BCUT2D eigenvalue weighted by Crippen LogP contribution is 2.41. The van der Waals surface area contributed by atoms with Crippen LogP contribution in [-0.2, 0) is 0 Å². The lowest BCUT2D eigenvalue weighted by Gasteiger charge is -2.18. The largest absolute Gasteiger partial charge is 0.264 e. The molecule has 0 fully saturated rings. The maximum Gasteiger partial charge on any atom is 0.115 e. The molecule has 4 aromatic carbocycles. The quantitative estimate of drug-likeness (QED) is 0.187. The van der Waals surface area contributed by atoms with Crippen molar-refractivity contribution in [3.05, 3.63) is 138 Å². The van der Waals surface area contributed by atoms with Gasteiger partial charge in [-0.2, -0.15) is 0 Å². The number of benzene rings is 4. The van der Waals surface area contributed by atoms with Crippen LogP contribution in [0.2, 0.25) is 0 Å². The molecule has 0 unspecified atom stereocenters. The summed E-state index contributed by atoms with van der Waals surface area (Å²) < 4.78 is 0. The van der Waals surface area contributed by atoms with Crippen LogP contribution in [0.3, 0.4) is 0 Å². The lowest BCUT2D eigenvalue weighted by Crippen LogP contribution is -1.98. The molecule has 0 saturated heterocycles. The Morgan fingerprint density at radius 1 is 0.553 bits per heavy atom. The van der Waals surface area contributed by atoms with Crippen LogP contribution in [0, 0.1) is 27.7 Å². The monoisotopic (exact) mass is 607 g/mol. The van der Waals surface area contributed by atoms with E-state index in [-0.39, 0.29) is 0 Å². The van der Waals surface area contributed by atoms with Crippen LogP contribution in [0.5, 0.6) is 0 Å². The average Bonchev–Trinajstić information content (AvgIpc) is 3.40. The number of nitrogens with zero attached hydrogens (tertiary/aromatic N) is 5. The summed E-state index contributed by atoms with van der Waals surface area (Å²) in [6.07, 6.45) is 14.3. The van der Waals surface area contributed by atoms with E-state index in [1.165, 1.54) is 27.8 Å². The summed E-state index contributed by atoms with van der Waals surface area (Å²) in [5.74, 6) is 0. The van der Waals surface area contributed by atoms with Crippen LogP contribution >= 0.6 is 0 Å². The first-order valence-electron chi connectivity index (χ1n) is 16.0. The Labute approximate surface area is 274 Å². The molecular weight excluding hydrogens is 574 g/mol. The van der Waals surface area contributed by atoms with Gasteiger partial charge in [0.05, 0.1) is 11.0 Å². The highest BCUT2D eigenvalue weighted by molar-refractivity contribution is 6.19. The van der Waals surface area contributed by atoms with Crippen LogP contribution in [0.25, 0.3) is 71.5 Å². The Morgan fingerprint density at radius 2 is 1.09 bits per heavy atom. The SMILES string of the molecule is Cc1nc2c(ccc3c2ccc2c(-c4cccc(-c5cncnc5)c4)c(C)c(C)nc23)c(-c2cccc(C3=CCC=CN=C3)c2)c1C. The van der Waals surface area contributed by atoms with E-state index in [1.807, 2.05) is 24.8 Å². The Balaban J connectivity index is 1.34. The van der Waals surface area contributed by atoms with Crippen molar-refractivity contribution in [2.75, 3.05) is 0 Å². The summed E-state index contributed by atoms with van der Waals surface area (Å²) in [6.45, 7) is 8.57. The minimum atomic E-state index is 0.873. The number of aliphatic imine (C=N–C) groups is 1. The molecule has 8 rings (SSSR count). The number of hydrogen-bond acceptors (Lipinski definition) is 5. The van der Waals surface area contributed by atoms with Gasteiger partial charge in [-0.05, 0) is 96.3 Å². The number of aryl methyl sites for hydroxylation is 2. The fourth-order valence-electron chi connectivity index (χ4n) is 6.87. The second-order valence-electron chi connectivity index (χ2n) is 12.3. The van der Waals surface area contributed by atoms with Crippen molar-refractivity contribution in [3.8, 4) is 33.4 Å². The predicted octanol–water partition coefficient (Wildman–Crippen LogP) is 10.3. The van der Waals surface area contributed by atoms with Crippen molar-refractivity contribution in [1.29, 1.82) is 0 Å². The van der Waals surface area contributed by atoms with Gasteiger partial charge in [0.1, 0.15) is 6.33 Å². The molecule has 3 aromatic heterocycles. The highest BCUT2D eigenvalue weighted by atomic mass is 14.8. The van der Waals surface area contributed by atoms with E-state index in [1.54, 1.807) is 6.33 Å². The molecule has 0 atom stereocenters. The maximum absolute atomic E-state index is 5.21. The molecule has 226 valence electrons. The van der Waals surface area contributed by atoms with Crippen LogP contribution < -0.4 is 0 Å². The van der Waals surface area contributed by atoms with E-state index in [9.17, 15) is 0 Å². The van der Waals surface area contributed by atoms with Crippen molar-refractivity contribution >= 4 is 44.4 Å². The molecule has 0 aliphatic carbocycles. The number of allylic oxidation sites excluding steroid dienone is 3. The number of pyridine rings is 2. The molecule has 5 nitrogen and oxygen atoms in total. The van der Waals surface area contributed by atoms with Crippen LogP contribution in [-0.4, -0.2) is 26.2 Å². The topological polar surface area (TPSA) is 63.9 Å². The second-order valence-corrected chi connectivity index (χ2v) is 12.3. The lowest BCUT2D eigenvalue weighted by atomic mass is 9.89. The van der Waals surface area contributed by atoms with E-state index in [0.717, 1.165) is 78.2 Å². The fourth-order valence-corrected chi connectivity index (χ4v) is 6.87. The summed E-state index contributed by atoms with van der Waals surface area (Å²) in [5.41, 5.74) is 15.5. The van der Waals surface area contributed by atoms with Crippen LogP contribution in [0.15, 0.2) is 115 Å². The summed E-state index contributed by atoms with van der Waals surface area (Å²) >= 11 is 0. The fraction of sp³-hybridized carbons (Fsp3) is 0.119. The molecule has 0 amide bonds. The zero-order valence-electron chi connectivity index (χ0n) is 26.9. The molecule has 0 spiro atoms. The molecule has 1 aliphatic heterocycles. The van der Waals surface area contributed by atoms with Crippen molar-refractivity contribution in [3.63, 3.8) is 0 Å². The van der Waals surface area contributed by atoms with Gasteiger partial charge in [-0.1, -0.05) is 72.8 Å². The van der Waals surface area contributed by atoms with Crippen molar-refractivity contribution in [2.45, 2.75) is 34.1 Å². The molecule has 7 aromatic rings. The third kappa shape index (κ3) is 4.92. The van der Waals surface area contributed by atoms with Gasteiger partial charge in [0.2, 0.25) is 0 Å². The van der Waals surface area contributed by atoms with E-state index >= 15 is 0 Å². The van der Waals surface area contributed by atoms with E-state index in [2.05, 4.69) is 128 Å². The van der Waals surface area contributed by atoms with Crippen LogP contribution in [0.4, 0.5) is 0 Å². The first kappa shape index (κ1) is 28.6. The number of hydrogen-bond donors (Lipinski definition) is 0. The van der Waals surface area contributed by atoms with Gasteiger partial charge in [0.15, 0.2) is 0 Å². The zero-order chi connectivity index (χ0) is 32.1. The molecular formula is C42H33N5. The Bertz CT molecular complexity index is 2470. The zero-order valence-corrected chi connectivity index (χ0v) is 26.9. The summed E-state index contributed by atoms with van der Waals surface area (Å²) in [7, 11) is 0. The third-order valence-corrected chi connectivity index (χ3v) is 9.49. The third-order valence-electron chi connectivity index (χ3n) is 9.49. The predicted molar refractivity (Wildman–Crippen MR) is 196 cm³/mol. The van der Waals surface area contributed by atoms with Gasteiger partial charge in [-0.25, -0.2) is 9.97 Å². The van der Waals surface area contributed by atoms with Gasteiger partial charge in [-0.3, -0.25) is 15.0 Å². The van der Waals surface area contributed by atoms with Crippen molar-refractivity contribution in [2.24, 2.45) is 4.99 Å². The maximum atomic E-state index is 5.21. The number of fused-ring (bicyclic) bond motifs is 5. The van der Waals surface area contributed by atoms with E-state index in [0.29, 0.717) is 0 Å². The normalized spacial score (nSPS) is 13.0. The van der Waals surface area contributed by atoms with Gasteiger partial charge in [-0.15, -0.1) is 0 Å². The van der Waals surface area contributed by atoms with Gasteiger partial charge < -0.3 is 0 Å². The molecule has 47 heavy (non-hydrogen) atoms. The first-order valence-corrected chi connectivity index (χ1v) is 16.0. The van der Waals surface area contributed by atoms with Gasteiger partial charge in [0.25, 0.3) is 0 Å². The van der Waals surface area contributed by atoms with Crippen molar-refractivity contribution in [1.82, 2.24) is 19.9 Å². The second kappa shape index (κ2) is 11.5. The summed E-state index contributed by atoms with van der Waals surface area (Å²) in [4.78, 5) is 23.3.